The number of amides is 1. The summed E-state index contributed by atoms with van der Waals surface area (Å²) in [6.45, 7) is 0.105. The van der Waals surface area contributed by atoms with Gasteiger partial charge >= 0.3 is 6.36 Å². The molecule has 1 aromatic rings. The van der Waals surface area contributed by atoms with Gasteiger partial charge in [-0.15, -0.1) is 13.2 Å². The van der Waals surface area contributed by atoms with Gasteiger partial charge in [-0.05, 0) is 18.9 Å². The minimum atomic E-state index is -4.81. The van der Waals surface area contributed by atoms with Crippen molar-refractivity contribution < 1.29 is 31.1 Å². The fourth-order valence-electron chi connectivity index (χ4n) is 2.59. The van der Waals surface area contributed by atoms with E-state index < -0.39 is 22.3 Å². The van der Waals surface area contributed by atoms with Crippen LogP contribution in [0.15, 0.2) is 24.3 Å². The van der Waals surface area contributed by atoms with E-state index in [1.165, 1.54) is 28.6 Å². The average molecular weight is 378 g/mol. The van der Waals surface area contributed by atoms with Gasteiger partial charge < -0.3 is 10.1 Å². The van der Waals surface area contributed by atoms with E-state index in [0.29, 0.717) is 12.8 Å². The highest BCUT2D eigenvalue weighted by molar-refractivity contribution is 7.90. The van der Waals surface area contributed by atoms with Crippen molar-refractivity contribution in [2.24, 2.45) is 5.92 Å². The minimum absolute atomic E-state index is 0.116. The van der Waals surface area contributed by atoms with Crippen molar-refractivity contribution in [3.8, 4) is 5.75 Å². The van der Waals surface area contributed by atoms with Crippen molar-refractivity contribution in [1.29, 1.82) is 0 Å². The van der Waals surface area contributed by atoms with Gasteiger partial charge in [-0.3, -0.25) is 4.79 Å². The molecule has 0 atom stereocenters. The van der Waals surface area contributed by atoms with Crippen LogP contribution in [0.5, 0.6) is 5.75 Å². The largest absolute Gasteiger partial charge is 0.573 e. The van der Waals surface area contributed by atoms with E-state index in [-0.39, 0.29) is 42.1 Å². The smallest absolute Gasteiger partial charge is 0.405 e. The van der Waals surface area contributed by atoms with Crippen molar-refractivity contribution in [1.82, 2.24) is 9.62 Å². The maximum Gasteiger partial charge on any atom is 0.573 e. The Hall–Kier alpha value is -1.81. The molecule has 1 aliphatic heterocycles. The second-order valence-electron chi connectivity index (χ2n) is 6.13. The number of halogens is 3. The lowest BCUT2D eigenvalue weighted by molar-refractivity contribution is -0.274. The summed E-state index contributed by atoms with van der Waals surface area (Å²) in [5, 5.41) is 2.22. The Balaban J connectivity index is 1.52. The fraction of sp³-hybridized carbons (Fsp3) is 0.533. The summed E-state index contributed by atoms with van der Waals surface area (Å²) < 4.78 is 66.2. The number of hydrogen-bond donors (Lipinski definition) is 1. The van der Waals surface area contributed by atoms with Crippen molar-refractivity contribution in [3.05, 3.63) is 29.8 Å². The Morgan fingerprint density at radius 1 is 1.24 bits per heavy atom. The van der Waals surface area contributed by atoms with E-state index in [4.69, 9.17) is 0 Å². The highest BCUT2D eigenvalue weighted by Gasteiger charge is 2.46. The number of sulfonamides is 1. The molecule has 0 unspecified atom stereocenters. The van der Waals surface area contributed by atoms with Crippen molar-refractivity contribution in [2.45, 2.75) is 31.0 Å². The van der Waals surface area contributed by atoms with Gasteiger partial charge in [-0.1, -0.05) is 18.2 Å². The SMILES string of the molecule is O=C(NCc1ccccc1OC(F)(F)F)C1CN(S(=O)(=O)C2CC2)C1. The molecule has 1 saturated heterocycles. The molecule has 25 heavy (non-hydrogen) atoms. The summed E-state index contributed by atoms with van der Waals surface area (Å²) in [6.07, 6.45) is -3.50. The molecule has 1 heterocycles. The van der Waals surface area contributed by atoms with Gasteiger partial charge in [0.05, 0.1) is 11.2 Å². The molecule has 2 fully saturated rings. The van der Waals surface area contributed by atoms with Crippen LogP contribution < -0.4 is 10.1 Å². The average Bonchev–Trinajstić information content (AvgIpc) is 3.27. The molecular weight excluding hydrogens is 361 g/mol. The normalized spacial score (nSPS) is 19.3. The topological polar surface area (TPSA) is 75.7 Å². The number of nitrogens with zero attached hydrogens (tertiary/aromatic N) is 1. The van der Waals surface area contributed by atoms with Gasteiger partial charge in [0.2, 0.25) is 15.9 Å². The lowest BCUT2D eigenvalue weighted by atomic mass is 10.0. The molecule has 6 nitrogen and oxygen atoms in total. The van der Waals surface area contributed by atoms with E-state index in [2.05, 4.69) is 10.1 Å². The number of para-hydroxylation sites is 1. The summed E-state index contributed by atoms with van der Waals surface area (Å²) in [5.41, 5.74) is 0.190. The number of nitrogens with one attached hydrogen (secondary N) is 1. The highest BCUT2D eigenvalue weighted by atomic mass is 32.2. The van der Waals surface area contributed by atoms with Gasteiger partial charge in [0, 0.05) is 25.2 Å². The zero-order valence-electron chi connectivity index (χ0n) is 13.1. The number of rotatable bonds is 6. The highest BCUT2D eigenvalue weighted by Crippen LogP contribution is 2.34. The zero-order valence-corrected chi connectivity index (χ0v) is 13.9. The molecule has 138 valence electrons. The number of alkyl halides is 3. The Kier molecular flexibility index (Phi) is 4.67. The van der Waals surface area contributed by atoms with Gasteiger partial charge in [-0.2, -0.15) is 4.31 Å². The van der Waals surface area contributed by atoms with Gasteiger partial charge in [-0.25, -0.2) is 8.42 Å². The van der Waals surface area contributed by atoms with Crippen LogP contribution in [0.25, 0.3) is 0 Å². The van der Waals surface area contributed by atoms with E-state index >= 15 is 0 Å². The molecule has 0 spiro atoms. The Bertz CT molecular complexity index is 756. The first-order valence-corrected chi connectivity index (χ1v) is 9.27. The molecule has 1 saturated carbocycles. The van der Waals surface area contributed by atoms with E-state index in [1.807, 2.05) is 0 Å². The molecule has 2 aliphatic rings. The first kappa shape index (κ1) is 18.0. The quantitative estimate of drug-likeness (QED) is 0.816. The number of ether oxygens (including phenoxy) is 1. The van der Waals surface area contributed by atoms with Crippen LogP contribution in [0.4, 0.5) is 13.2 Å². The Labute approximate surface area is 143 Å². The monoisotopic (exact) mass is 378 g/mol. The Morgan fingerprint density at radius 3 is 2.48 bits per heavy atom. The fourth-order valence-corrected chi connectivity index (χ4v) is 4.52. The third kappa shape index (κ3) is 4.24. The van der Waals surface area contributed by atoms with E-state index in [0.717, 1.165) is 0 Å². The number of carbonyl (C=O) groups excluding carboxylic acids is 1. The predicted octanol–water partition coefficient (Wildman–Crippen LogP) is 1.63. The van der Waals surface area contributed by atoms with Crippen LogP contribution in [0, 0.1) is 5.92 Å². The predicted molar refractivity (Wildman–Crippen MR) is 82.0 cm³/mol. The molecule has 1 N–H and O–H groups in total. The van der Waals surface area contributed by atoms with E-state index in [1.54, 1.807) is 0 Å². The van der Waals surface area contributed by atoms with Crippen LogP contribution in [-0.4, -0.2) is 43.3 Å². The minimum Gasteiger partial charge on any atom is -0.405 e. The van der Waals surface area contributed by atoms with Crippen molar-refractivity contribution >= 4 is 15.9 Å². The molecule has 10 heteroatoms. The third-order valence-electron chi connectivity index (χ3n) is 4.18. The van der Waals surface area contributed by atoms with Crippen LogP contribution in [0.2, 0.25) is 0 Å². The summed E-state index contributed by atoms with van der Waals surface area (Å²) in [4.78, 5) is 12.1. The lowest BCUT2D eigenvalue weighted by Gasteiger charge is -2.37. The molecule has 0 bridgehead atoms. The molecule has 0 radical (unpaired) electrons. The maximum atomic E-state index is 12.4. The van der Waals surface area contributed by atoms with Crippen molar-refractivity contribution in [3.63, 3.8) is 0 Å². The maximum absolute atomic E-state index is 12.4. The molecule has 1 aliphatic carbocycles. The summed E-state index contributed by atoms with van der Waals surface area (Å²) in [7, 11) is -3.28. The molecule has 1 aromatic carbocycles. The third-order valence-corrected chi connectivity index (χ3v) is 6.51. The summed E-state index contributed by atoms with van der Waals surface area (Å²) in [6, 6.07) is 5.53. The number of benzene rings is 1. The molecule has 1 amide bonds. The van der Waals surface area contributed by atoms with Crippen LogP contribution in [0.1, 0.15) is 18.4 Å². The molecule has 3 rings (SSSR count). The lowest BCUT2D eigenvalue weighted by Crippen LogP contribution is -2.56. The Morgan fingerprint density at radius 2 is 1.88 bits per heavy atom. The number of hydrogen-bond acceptors (Lipinski definition) is 4. The van der Waals surface area contributed by atoms with Gasteiger partial charge in [0.15, 0.2) is 0 Å². The van der Waals surface area contributed by atoms with Gasteiger partial charge in [0.25, 0.3) is 0 Å². The summed E-state index contributed by atoms with van der Waals surface area (Å²) in [5.74, 6) is -1.24. The second-order valence-corrected chi connectivity index (χ2v) is 8.34. The molecular formula is C15H17F3N2O4S. The first-order valence-electron chi connectivity index (χ1n) is 7.77. The van der Waals surface area contributed by atoms with Crippen LogP contribution >= 0.6 is 0 Å². The van der Waals surface area contributed by atoms with Crippen molar-refractivity contribution in [2.75, 3.05) is 13.1 Å². The second kappa shape index (κ2) is 6.49. The van der Waals surface area contributed by atoms with Gasteiger partial charge in [0.1, 0.15) is 5.75 Å². The van der Waals surface area contributed by atoms with Crippen LogP contribution in [-0.2, 0) is 21.4 Å². The van der Waals surface area contributed by atoms with E-state index in [9.17, 15) is 26.4 Å². The van der Waals surface area contributed by atoms with Crippen LogP contribution in [0.3, 0.4) is 0 Å². The zero-order chi connectivity index (χ0) is 18.2. The number of carbonyl (C=O) groups is 1. The summed E-state index contributed by atoms with van der Waals surface area (Å²) >= 11 is 0. The standard InChI is InChI=1S/C15H17F3N2O4S/c16-15(17,18)24-13-4-2-1-3-10(13)7-19-14(21)11-8-20(9-11)25(22,23)12-5-6-12/h1-4,11-12H,5-9H2,(H,19,21). The molecule has 0 aromatic heterocycles. The first-order chi connectivity index (χ1) is 11.7.